The van der Waals surface area contributed by atoms with Gasteiger partial charge in [0.15, 0.2) is 46.5 Å². The highest BCUT2D eigenvalue weighted by Crippen LogP contribution is 2.44. The van der Waals surface area contributed by atoms with Crippen molar-refractivity contribution < 1.29 is 79.5 Å². The fourth-order valence-electron chi connectivity index (χ4n) is 13.8. The molecule has 708 valence electrons. The molecule has 5 fully saturated rings. The van der Waals surface area contributed by atoms with E-state index in [4.69, 9.17) is 48.1 Å². The van der Waals surface area contributed by atoms with Gasteiger partial charge in [0.25, 0.3) is 27.8 Å². The molecule has 43 heteroatoms. The first-order chi connectivity index (χ1) is 58.5. The minimum absolute atomic E-state index is 0.0679. The predicted octanol–water partition coefficient (Wildman–Crippen LogP) is 2.68. The van der Waals surface area contributed by atoms with Crippen LogP contribution in [-0.2, 0) is 41.6 Å². The fourth-order valence-corrected chi connectivity index (χ4v) is 19.0. The lowest BCUT2D eigenvalue weighted by Gasteiger charge is -2.20. The van der Waals surface area contributed by atoms with Gasteiger partial charge in [-0.2, -0.15) is 0 Å². The Balaban J connectivity index is 0.000000243. The van der Waals surface area contributed by atoms with Crippen molar-refractivity contribution in [3.63, 3.8) is 0 Å². The number of ketones is 1. The van der Waals surface area contributed by atoms with E-state index < -0.39 is 191 Å². The molecule has 0 bridgehead atoms. The molecule has 0 aliphatic carbocycles. The molecule has 10 unspecified atom stereocenters. The Kier molecular flexibility index (Phi) is 41.3. The van der Waals surface area contributed by atoms with Crippen molar-refractivity contribution in [3.05, 3.63) is 170 Å². The number of aliphatic hydroxyl groups excluding tert-OH is 10. The number of aromatic amines is 5. The molecule has 5 aromatic rings. The van der Waals surface area contributed by atoms with E-state index in [9.17, 15) is 94.2 Å². The van der Waals surface area contributed by atoms with Gasteiger partial charge in [0.05, 0.1) is 47.2 Å². The Morgan fingerprint density at radius 2 is 0.651 bits per heavy atom. The summed E-state index contributed by atoms with van der Waals surface area (Å²) < 4.78 is 35.6. The van der Waals surface area contributed by atoms with Crippen LogP contribution in [0.25, 0.3) is 18.2 Å². The van der Waals surface area contributed by atoms with Crippen LogP contribution < -0.4 is 55.5 Å². The Labute approximate surface area is 743 Å². The van der Waals surface area contributed by atoms with Gasteiger partial charge in [0.1, 0.15) is 61.0 Å². The van der Waals surface area contributed by atoms with Crippen LogP contribution in [0.4, 0.5) is 0 Å². The molecular formula is C83H135N12O24P5S2. The molecule has 36 nitrogen and oxygen atoms in total. The molecule has 0 saturated carbocycles. The molecule has 126 heavy (non-hydrogen) atoms. The summed E-state index contributed by atoms with van der Waals surface area (Å²) in [4.78, 5) is 119. The van der Waals surface area contributed by atoms with E-state index in [2.05, 4.69) is 140 Å². The molecule has 10 rings (SSSR count). The Bertz CT molecular complexity index is 5360. The summed E-state index contributed by atoms with van der Waals surface area (Å²) in [5, 5.41) is 109. The van der Waals surface area contributed by atoms with E-state index in [1.54, 1.807) is 24.5 Å². The molecule has 5 aromatic heterocycles. The molecule has 0 spiro atoms. The molecule has 5 aliphatic heterocycles. The Morgan fingerprint density at radius 1 is 0.397 bits per heavy atom. The van der Waals surface area contributed by atoms with Gasteiger partial charge < -0.3 is 85.4 Å². The number of rotatable bonds is 33. The van der Waals surface area contributed by atoms with Crippen LogP contribution in [0.15, 0.2) is 88.1 Å². The number of aliphatic hydroxyl groups is 10. The Morgan fingerprint density at radius 3 is 0.897 bits per heavy atom. The lowest BCUT2D eigenvalue weighted by Crippen LogP contribution is -2.38. The molecule has 10 heterocycles. The van der Waals surface area contributed by atoms with Crippen LogP contribution in [0, 0.1) is 9.54 Å². The smallest absolute Gasteiger partial charge is 0.330 e. The summed E-state index contributed by atoms with van der Waals surface area (Å²) in [7, 11) is 0. The number of nitrogens with zero attached hydrogens (tertiary/aromatic N) is 5. The normalized spacial score (nSPS) is 26.9. The minimum atomic E-state index is -1.33. The molecule has 0 aromatic carbocycles. The van der Waals surface area contributed by atoms with E-state index in [1.165, 1.54) is 52.9 Å². The third kappa shape index (κ3) is 31.9. The molecule has 5 aliphatic rings. The van der Waals surface area contributed by atoms with Crippen LogP contribution in [0.3, 0.4) is 0 Å². The number of carbonyl (C=O) groups excluding carboxylic acids is 1. The predicted molar refractivity (Wildman–Crippen MR) is 515 cm³/mol. The number of carbonyl (C=O) groups is 1. The van der Waals surface area contributed by atoms with Crippen molar-refractivity contribution in [2.75, 3.05) is 111 Å². The second kappa shape index (κ2) is 47.9. The number of hydrogen-bond donors (Lipinski definition) is 17. The molecular weight excluding hydrogens is 1770 g/mol. The van der Waals surface area contributed by atoms with Crippen molar-refractivity contribution in [3.8, 4) is 0 Å². The van der Waals surface area contributed by atoms with E-state index in [-0.39, 0.29) is 37.6 Å². The average molecular weight is 1900 g/mol. The molecule has 0 amide bonds. The van der Waals surface area contributed by atoms with Crippen molar-refractivity contribution in [2.45, 2.75) is 215 Å². The van der Waals surface area contributed by atoms with Gasteiger partial charge in [0, 0.05) is 55.2 Å². The van der Waals surface area contributed by atoms with Crippen molar-refractivity contribution in [2.24, 2.45) is 0 Å². The maximum atomic E-state index is 12.1. The zero-order chi connectivity index (χ0) is 94.7. The monoisotopic (exact) mass is 1900 g/mol. The van der Waals surface area contributed by atoms with Gasteiger partial charge in [-0.1, -0.05) is 45.6 Å². The SMILES string of the molecule is C=Cc1cn(C2OC(CCP(=C)(C)C)[C@@H](O)[C@H]2O)c(=O)[nH]c1=O.C=P(C)(C)CCC1OC(n2cc(/C=C/C(C)=O)c(=O)[nH]c2=O)[C@H](O)[C@@H]1O.C=P(C)(C)CCC1OC(n2cc(/C=C/CC)c(=O)[nH]c2=O)[C@H](O)[C@@H]1O.C=P(C)(C)CCC1OC(n2cc(CNCCC)c(=O)[nH]c2=S)[C@H](O)[C@@H]1O.C=P(C)(C)CCC1OC(n2cc(CNCCC)c(=O)[nH]c2=S)[C@H](O)[C@@H]1O. The second-order valence-corrected chi connectivity index (χ2v) is 58.0. The number of aromatic nitrogens is 10. The van der Waals surface area contributed by atoms with Gasteiger partial charge in [0.2, 0.25) is 0 Å². The number of allylic oxidation sites excluding steroid dienone is 2. The lowest BCUT2D eigenvalue weighted by atomic mass is 10.1. The summed E-state index contributed by atoms with van der Waals surface area (Å²) in [6, 6.07) is 0. The third-order valence-electron chi connectivity index (χ3n) is 21.0. The molecule has 20 atom stereocenters. The van der Waals surface area contributed by atoms with E-state index in [1.807, 2.05) is 20.8 Å². The topological polar surface area (TPSA) is 530 Å². The van der Waals surface area contributed by atoms with Crippen LogP contribution >= 0.6 is 58.9 Å². The second-order valence-electron chi connectivity index (χ2n) is 35.7. The summed E-state index contributed by atoms with van der Waals surface area (Å²) in [6.07, 6.45) is 25.5. The largest absolute Gasteiger partial charge is 0.388 e. The molecule has 0 radical (unpaired) electrons. The highest BCUT2D eigenvalue weighted by atomic mass is 32.1. The summed E-state index contributed by atoms with van der Waals surface area (Å²) in [6.45, 7) is 27.7. The molecule has 17 N–H and O–H groups in total. The van der Waals surface area contributed by atoms with Gasteiger partial charge >= 0.3 is 17.1 Å². The van der Waals surface area contributed by atoms with Gasteiger partial charge in [-0.15, -0.1) is 65.9 Å². The van der Waals surface area contributed by atoms with Crippen LogP contribution in [0.2, 0.25) is 0 Å². The zero-order valence-electron chi connectivity index (χ0n) is 74.6. The maximum Gasteiger partial charge on any atom is 0.330 e. The Hall–Kier alpha value is -6.05. The highest BCUT2D eigenvalue weighted by molar-refractivity contribution is 7.73. The number of ether oxygens (including phenoxy) is 5. The number of hydrogen-bond acceptors (Lipinski definition) is 28. The van der Waals surface area contributed by atoms with Crippen molar-refractivity contribution in [1.29, 1.82) is 0 Å². The zero-order valence-corrected chi connectivity index (χ0v) is 80.7. The standard InChI is InChI=1S/2C17H30N3O4PS.C17H25N2O6P.C17H27N2O5P.C15H23N2O5P/c2*1-5-7-18-9-11-10-20(17(26)19-15(11)23)16-14(22)13(21)12(24-16)6-8-25(2,3)4;1-10(20)5-6-11-9-19(17(24)18-15(11)23)16-14(22)13(21)12(25-16)7-8-26(2,3)4;1-5-6-7-11-10-19(17(23)18-15(11)22)16-14(21)13(20)12(24-16)8-9-25(2,3)4;1-5-9-8-17(15(21)16-13(9)20)14-12(19)11(18)10(22-14)6-7-23(2,3)4/h2*10,12-14,16,18,21-22H,2,5-9H2,1,3-4H3,(H,19,23,26);5-6,9,12-14,16,21-22H,2,7-8H2,1,3-4H3,(H,18,23,24);6-7,10,12-14,16,20-21H,2,5,8-9H2,1,3-4H3,(H,18,22,23);5,8,10-12,14,18-19H,1-2,6-7H2,3-4H3,(H,16,20,21)/b;;6-5+;7-6+;/t4*12?,13-,14-,16?;10?,11-,12-,14?/m11111/s1. The first-order valence-corrected chi connectivity index (χ1v) is 57.7. The lowest BCUT2D eigenvalue weighted by molar-refractivity contribution is -0.112. The van der Waals surface area contributed by atoms with Crippen LogP contribution in [0.1, 0.15) is 138 Å². The number of nitrogens with one attached hydrogen (secondary N) is 7. The van der Waals surface area contributed by atoms with Gasteiger partial charge in [-0.25, -0.2) is 14.4 Å². The van der Waals surface area contributed by atoms with Crippen LogP contribution in [-0.4, -0.2) is 338 Å². The summed E-state index contributed by atoms with van der Waals surface area (Å²) in [5.41, 5.74) is -2.84. The van der Waals surface area contributed by atoms with Crippen molar-refractivity contribution in [1.82, 2.24) is 58.4 Å². The molecule has 5 saturated heterocycles. The van der Waals surface area contributed by atoms with E-state index in [0.717, 1.165) is 76.9 Å². The average Bonchev–Trinajstić information content (AvgIpc) is 1.66. The first-order valence-electron chi connectivity index (χ1n) is 41.6. The number of H-pyrrole nitrogens is 5. The first kappa shape index (κ1) is 109. The van der Waals surface area contributed by atoms with Gasteiger partial charge in [-0.3, -0.25) is 76.5 Å². The van der Waals surface area contributed by atoms with Crippen molar-refractivity contribution >= 4 is 114 Å². The van der Waals surface area contributed by atoms with Crippen LogP contribution in [0.5, 0.6) is 0 Å². The quantitative estimate of drug-likeness (QED) is 0.0124. The van der Waals surface area contributed by atoms with E-state index in [0.29, 0.717) is 61.9 Å². The maximum absolute atomic E-state index is 12.1. The summed E-state index contributed by atoms with van der Waals surface area (Å²) >= 11 is 10.5. The highest BCUT2D eigenvalue weighted by Gasteiger charge is 2.49. The van der Waals surface area contributed by atoms with Gasteiger partial charge in [-0.05, 0) is 205 Å². The fraction of sp³-hybridized carbons (Fsp3) is 0.614. The van der Waals surface area contributed by atoms with E-state index >= 15 is 0 Å². The minimum Gasteiger partial charge on any atom is -0.388 e. The summed E-state index contributed by atoms with van der Waals surface area (Å²) in [5.74, 6) is -0.256. The third-order valence-corrected chi connectivity index (χ3v) is 28.9.